The molecule has 0 spiro atoms. The summed E-state index contributed by atoms with van der Waals surface area (Å²) in [5.41, 5.74) is 0.275. The van der Waals surface area contributed by atoms with Crippen LogP contribution < -0.4 is 5.32 Å². The second-order valence-corrected chi connectivity index (χ2v) is 8.13. The van der Waals surface area contributed by atoms with E-state index in [2.05, 4.69) is 5.32 Å². The van der Waals surface area contributed by atoms with Crippen LogP contribution >= 0.6 is 0 Å². The molecule has 8 heteroatoms. The third kappa shape index (κ3) is 5.13. The number of nitrogens with zero attached hydrogens (tertiary/aromatic N) is 1. The fraction of sp³-hybridized carbons (Fsp3) is 0.571. The van der Waals surface area contributed by atoms with Crippen molar-refractivity contribution in [3.63, 3.8) is 0 Å². The van der Waals surface area contributed by atoms with Crippen molar-refractivity contribution in [3.8, 4) is 0 Å². The van der Waals surface area contributed by atoms with E-state index in [4.69, 9.17) is 14.2 Å². The molecule has 2 aliphatic heterocycles. The molecule has 158 valence electrons. The van der Waals surface area contributed by atoms with Gasteiger partial charge in [-0.25, -0.2) is 4.79 Å². The molecular weight excluding hydrogens is 376 g/mol. The fourth-order valence-electron chi connectivity index (χ4n) is 3.48. The first-order valence-corrected chi connectivity index (χ1v) is 9.95. The minimum Gasteiger partial charge on any atom is -0.444 e. The molecule has 1 N–H and O–H groups in total. The number of ether oxygens (including phenoxy) is 3. The van der Waals surface area contributed by atoms with E-state index in [1.54, 1.807) is 45.0 Å². The quantitative estimate of drug-likeness (QED) is 0.555. The predicted molar refractivity (Wildman–Crippen MR) is 105 cm³/mol. The number of hydrogen-bond acceptors (Lipinski definition) is 6. The number of hydrogen-bond donors (Lipinski definition) is 1. The van der Waals surface area contributed by atoms with Crippen molar-refractivity contribution in [1.82, 2.24) is 10.2 Å². The molecule has 1 fully saturated rings. The van der Waals surface area contributed by atoms with E-state index in [0.29, 0.717) is 50.1 Å². The lowest BCUT2D eigenvalue weighted by Crippen LogP contribution is -2.47. The van der Waals surface area contributed by atoms with Crippen molar-refractivity contribution >= 4 is 17.9 Å². The zero-order valence-corrected chi connectivity index (χ0v) is 17.1. The lowest BCUT2D eigenvalue weighted by atomic mass is 10.1. The molecule has 2 aliphatic rings. The number of benzene rings is 1. The van der Waals surface area contributed by atoms with Crippen molar-refractivity contribution < 1.29 is 28.6 Å². The molecule has 29 heavy (non-hydrogen) atoms. The summed E-state index contributed by atoms with van der Waals surface area (Å²) >= 11 is 0. The van der Waals surface area contributed by atoms with Crippen LogP contribution in [0.2, 0.25) is 0 Å². The van der Waals surface area contributed by atoms with Gasteiger partial charge in [0.25, 0.3) is 11.8 Å². The predicted octanol–water partition coefficient (Wildman–Crippen LogP) is 2.72. The van der Waals surface area contributed by atoms with Gasteiger partial charge in [0, 0.05) is 6.54 Å². The van der Waals surface area contributed by atoms with E-state index in [9.17, 15) is 14.4 Å². The molecule has 0 bridgehead atoms. The Hall–Kier alpha value is -2.45. The maximum atomic E-state index is 12.8. The van der Waals surface area contributed by atoms with Gasteiger partial charge in [0.2, 0.25) is 0 Å². The Morgan fingerprint density at radius 3 is 2.28 bits per heavy atom. The molecular formula is C21H28N2O6. The van der Waals surface area contributed by atoms with Crippen LogP contribution in [-0.2, 0) is 14.2 Å². The van der Waals surface area contributed by atoms with Crippen molar-refractivity contribution in [3.05, 3.63) is 35.4 Å². The minimum absolute atomic E-state index is 0.318. The maximum Gasteiger partial charge on any atom is 0.407 e. The van der Waals surface area contributed by atoms with Gasteiger partial charge in [0.05, 0.1) is 30.4 Å². The first kappa shape index (κ1) is 21.3. The van der Waals surface area contributed by atoms with Crippen molar-refractivity contribution in [2.24, 2.45) is 0 Å². The van der Waals surface area contributed by atoms with E-state index in [-0.39, 0.29) is 11.8 Å². The molecule has 1 aromatic carbocycles. The van der Waals surface area contributed by atoms with E-state index in [0.717, 1.165) is 0 Å². The smallest absolute Gasteiger partial charge is 0.407 e. The highest BCUT2D eigenvalue weighted by atomic mass is 16.7. The summed E-state index contributed by atoms with van der Waals surface area (Å²) in [5.74, 6) is -0.636. The SMILES string of the molecule is CC(C)(C)OC(=O)NCCCCC(C1OCCO1)N1C(=O)c2ccccc2C1=O. The van der Waals surface area contributed by atoms with Crippen LogP contribution in [0.25, 0.3) is 0 Å². The normalized spacial score (nSPS) is 18.1. The molecule has 1 saturated heterocycles. The average Bonchev–Trinajstić information content (AvgIpc) is 3.26. The number of nitrogens with one attached hydrogen (secondary N) is 1. The minimum atomic E-state index is -0.629. The van der Waals surface area contributed by atoms with Gasteiger partial charge in [0.1, 0.15) is 5.60 Å². The number of carbonyl (C=O) groups excluding carboxylic acids is 3. The van der Waals surface area contributed by atoms with Crippen LogP contribution in [-0.4, -0.2) is 60.5 Å². The Kier molecular flexibility index (Phi) is 6.54. The summed E-state index contributed by atoms with van der Waals surface area (Å²) in [7, 11) is 0. The average molecular weight is 404 g/mol. The Bertz CT molecular complexity index is 732. The van der Waals surface area contributed by atoms with Gasteiger partial charge in [0.15, 0.2) is 6.29 Å². The van der Waals surface area contributed by atoms with Crippen LogP contribution in [0.1, 0.15) is 60.7 Å². The number of fused-ring (bicyclic) bond motifs is 1. The van der Waals surface area contributed by atoms with E-state index >= 15 is 0 Å². The highest BCUT2D eigenvalue weighted by Gasteiger charge is 2.44. The number of alkyl carbamates (subject to hydrolysis) is 1. The summed E-state index contributed by atoms with van der Waals surface area (Å²) in [6.07, 6.45) is 0.780. The van der Waals surface area contributed by atoms with Gasteiger partial charge in [-0.3, -0.25) is 14.5 Å². The van der Waals surface area contributed by atoms with Gasteiger partial charge in [-0.05, 0) is 52.2 Å². The molecule has 1 atom stereocenters. The maximum absolute atomic E-state index is 12.8. The van der Waals surface area contributed by atoms with Crippen molar-refractivity contribution in [2.45, 2.75) is 58.0 Å². The topological polar surface area (TPSA) is 94.2 Å². The number of rotatable bonds is 7. The van der Waals surface area contributed by atoms with E-state index < -0.39 is 24.0 Å². The third-order valence-electron chi connectivity index (χ3n) is 4.71. The lowest BCUT2D eigenvalue weighted by molar-refractivity contribution is -0.0880. The second kappa shape index (κ2) is 8.92. The van der Waals surface area contributed by atoms with Gasteiger partial charge >= 0.3 is 6.09 Å². The summed E-state index contributed by atoms with van der Waals surface area (Å²) < 4.78 is 16.4. The van der Waals surface area contributed by atoms with Gasteiger partial charge < -0.3 is 19.5 Å². The number of imide groups is 1. The van der Waals surface area contributed by atoms with Gasteiger partial charge in [-0.1, -0.05) is 12.1 Å². The molecule has 3 rings (SSSR count). The second-order valence-electron chi connectivity index (χ2n) is 8.13. The van der Waals surface area contributed by atoms with Crippen molar-refractivity contribution in [2.75, 3.05) is 19.8 Å². The number of unbranched alkanes of at least 4 members (excludes halogenated alkanes) is 1. The zero-order valence-electron chi connectivity index (χ0n) is 17.1. The molecule has 1 unspecified atom stereocenters. The Labute approximate surface area is 170 Å². The van der Waals surface area contributed by atoms with Gasteiger partial charge in [-0.15, -0.1) is 0 Å². The molecule has 3 amide bonds. The number of carbonyl (C=O) groups is 3. The van der Waals surface area contributed by atoms with Crippen LogP contribution in [0.3, 0.4) is 0 Å². The molecule has 1 aromatic rings. The summed E-state index contributed by atoms with van der Waals surface area (Å²) in [6, 6.07) is 6.30. The fourth-order valence-corrected chi connectivity index (χ4v) is 3.48. The lowest BCUT2D eigenvalue weighted by Gasteiger charge is -2.29. The summed E-state index contributed by atoms with van der Waals surface area (Å²) in [4.78, 5) is 38.7. The first-order chi connectivity index (χ1) is 13.8. The van der Waals surface area contributed by atoms with E-state index in [1.807, 2.05) is 0 Å². The van der Waals surface area contributed by atoms with Crippen LogP contribution in [0, 0.1) is 0 Å². The molecule has 2 heterocycles. The van der Waals surface area contributed by atoms with Crippen molar-refractivity contribution in [1.29, 1.82) is 0 Å². The van der Waals surface area contributed by atoms with Gasteiger partial charge in [-0.2, -0.15) is 0 Å². The Morgan fingerprint density at radius 1 is 1.14 bits per heavy atom. The Balaban J connectivity index is 1.57. The van der Waals surface area contributed by atoms with E-state index in [1.165, 1.54) is 4.90 Å². The number of amides is 3. The molecule has 0 aliphatic carbocycles. The zero-order chi connectivity index (χ0) is 21.0. The largest absolute Gasteiger partial charge is 0.444 e. The van der Waals surface area contributed by atoms with Crippen LogP contribution in [0.5, 0.6) is 0 Å². The Morgan fingerprint density at radius 2 is 1.72 bits per heavy atom. The molecule has 8 nitrogen and oxygen atoms in total. The van der Waals surface area contributed by atoms with Crippen LogP contribution in [0.15, 0.2) is 24.3 Å². The highest BCUT2D eigenvalue weighted by molar-refractivity contribution is 6.21. The molecule has 0 saturated carbocycles. The highest BCUT2D eigenvalue weighted by Crippen LogP contribution is 2.29. The third-order valence-corrected chi connectivity index (χ3v) is 4.71. The molecule has 0 aromatic heterocycles. The standard InChI is InChI=1S/C21H28N2O6/c1-21(2,3)29-20(26)22-11-7-6-10-16(19-27-12-13-28-19)23-17(24)14-8-4-5-9-15(14)18(23)25/h4-5,8-9,16,19H,6-7,10-13H2,1-3H3,(H,22,26). The summed E-state index contributed by atoms with van der Waals surface area (Å²) in [5, 5.41) is 2.71. The van der Waals surface area contributed by atoms with Crippen LogP contribution in [0.4, 0.5) is 4.79 Å². The molecule has 0 radical (unpaired) electrons. The monoisotopic (exact) mass is 404 g/mol. The summed E-state index contributed by atoms with van der Waals surface area (Å²) in [6.45, 7) is 6.73. The first-order valence-electron chi connectivity index (χ1n) is 9.95.